The van der Waals surface area contributed by atoms with Gasteiger partial charge in [0.25, 0.3) is 0 Å². The van der Waals surface area contributed by atoms with Crippen molar-refractivity contribution in [2.45, 2.75) is 32.1 Å². The molecule has 0 bridgehead atoms. The Morgan fingerprint density at radius 2 is 2.12 bits per heavy atom. The fourth-order valence-corrected chi connectivity index (χ4v) is 2.28. The lowest BCUT2D eigenvalue weighted by molar-refractivity contribution is -0.137. The molecular weight excluding hydrogens is 240 g/mol. The van der Waals surface area contributed by atoms with E-state index in [4.69, 9.17) is 21.4 Å². The molecule has 1 unspecified atom stereocenters. The van der Waals surface area contributed by atoms with Crippen molar-refractivity contribution in [3.63, 3.8) is 0 Å². The number of carbonyl (C=O) groups is 1. The van der Waals surface area contributed by atoms with Crippen molar-refractivity contribution in [3.8, 4) is 5.75 Å². The van der Waals surface area contributed by atoms with Gasteiger partial charge in [-0.2, -0.15) is 0 Å². The first-order valence-electron chi connectivity index (χ1n) is 5.44. The van der Waals surface area contributed by atoms with E-state index in [1.165, 1.54) is 0 Å². The Morgan fingerprint density at radius 3 is 2.65 bits per heavy atom. The zero-order valence-corrected chi connectivity index (χ0v) is 11.0. The Balaban J connectivity index is 2.92. The standard InChI is InChI=1S/C13H17ClO3/c1-8-4-9(2)13(17-3)10(5-8)6-11(14)7-12(15)16/h4-5,11H,6-7H2,1-3H3,(H,15,16). The van der Waals surface area contributed by atoms with Crippen molar-refractivity contribution in [2.24, 2.45) is 0 Å². The van der Waals surface area contributed by atoms with Crippen LogP contribution in [0.15, 0.2) is 12.1 Å². The summed E-state index contributed by atoms with van der Waals surface area (Å²) in [5.74, 6) is -0.0834. The van der Waals surface area contributed by atoms with E-state index in [0.29, 0.717) is 6.42 Å². The van der Waals surface area contributed by atoms with E-state index >= 15 is 0 Å². The predicted molar refractivity (Wildman–Crippen MR) is 68.1 cm³/mol. The number of rotatable bonds is 5. The molecule has 0 spiro atoms. The first-order valence-corrected chi connectivity index (χ1v) is 5.87. The van der Waals surface area contributed by atoms with E-state index in [1.807, 2.05) is 26.0 Å². The van der Waals surface area contributed by atoms with Crippen molar-refractivity contribution in [1.29, 1.82) is 0 Å². The minimum atomic E-state index is -0.881. The molecule has 0 aromatic heterocycles. The first kappa shape index (κ1) is 13.8. The molecule has 94 valence electrons. The van der Waals surface area contributed by atoms with Crippen molar-refractivity contribution >= 4 is 17.6 Å². The first-order chi connectivity index (χ1) is 7.93. The highest BCUT2D eigenvalue weighted by Crippen LogP contribution is 2.27. The molecule has 3 nitrogen and oxygen atoms in total. The Kier molecular flexibility index (Phi) is 4.82. The van der Waals surface area contributed by atoms with Gasteiger partial charge in [0.15, 0.2) is 0 Å². The monoisotopic (exact) mass is 256 g/mol. The van der Waals surface area contributed by atoms with Crippen LogP contribution in [0.2, 0.25) is 0 Å². The van der Waals surface area contributed by atoms with Gasteiger partial charge in [-0.1, -0.05) is 17.7 Å². The Morgan fingerprint density at radius 1 is 1.47 bits per heavy atom. The normalized spacial score (nSPS) is 12.2. The number of hydrogen-bond acceptors (Lipinski definition) is 2. The summed E-state index contributed by atoms with van der Waals surface area (Å²) in [5, 5.41) is 8.27. The molecule has 0 amide bonds. The number of carboxylic acids is 1. The highest BCUT2D eigenvalue weighted by Gasteiger charge is 2.15. The molecule has 1 N–H and O–H groups in total. The molecule has 4 heteroatoms. The SMILES string of the molecule is COc1c(C)cc(C)cc1CC(Cl)CC(=O)O. The second-order valence-electron chi connectivity index (χ2n) is 4.17. The number of halogens is 1. The zero-order valence-electron chi connectivity index (χ0n) is 10.3. The second-order valence-corrected chi connectivity index (χ2v) is 4.79. The number of aliphatic carboxylic acids is 1. The highest BCUT2D eigenvalue weighted by molar-refractivity contribution is 6.21. The van der Waals surface area contributed by atoms with Crippen molar-refractivity contribution in [2.75, 3.05) is 7.11 Å². The summed E-state index contributed by atoms with van der Waals surface area (Å²) in [5.41, 5.74) is 3.13. The molecule has 0 radical (unpaired) electrons. The summed E-state index contributed by atoms with van der Waals surface area (Å²) in [4.78, 5) is 10.6. The maximum atomic E-state index is 10.6. The number of benzene rings is 1. The number of carboxylic acid groups (broad SMARTS) is 1. The van der Waals surface area contributed by atoms with E-state index in [0.717, 1.165) is 22.4 Å². The van der Waals surface area contributed by atoms with Crippen LogP contribution < -0.4 is 4.74 Å². The molecule has 0 heterocycles. The van der Waals surface area contributed by atoms with Crippen LogP contribution in [0.25, 0.3) is 0 Å². The van der Waals surface area contributed by atoms with Crippen LogP contribution in [0.5, 0.6) is 5.75 Å². The maximum Gasteiger partial charge on any atom is 0.304 e. The number of alkyl halides is 1. The largest absolute Gasteiger partial charge is 0.496 e. The second kappa shape index (κ2) is 5.92. The number of ether oxygens (including phenoxy) is 1. The van der Waals surface area contributed by atoms with Gasteiger partial charge in [-0.25, -0.2) is 0 Å². The van der Waals surface area contributed by atoms with Gasteiger partial charge in [0, 0.05) is 5.38 Å². The van der Waals surface area contributed by atoms with Gasteiger partial charge >= 0.3 is 5.97 Å². The molecule has 0 aliphatic heterocycles. The highest BCUT2D eigenvalue weighted by atomic mass is 35.5. The minimum absolute atomic E-state index is 0.0439. The lowest BCUT2D eigenvalue weighted by Crippen LogP contribution is -2.11. The summed E-state index contributed by atoms with van der Waals surface area (Å²) in [6, 6.07) is 4.02. The van der Waals surface area contributed by atoms with Gasteiger partial charge in [-0.15, -0.1) is 11.6 Å². The molecule has 0 fully saturated rings. The molecule has 1 rings (SSSR count). The minimum Gasteiger partial charge on any atom is -0.496 e. The third-order valence-electron chi connectivity index (χ3n) is 2.54. The number of hydrogen-bond donors (Lipinski definition) is 1. The third kappa shape index (κ3) is 3.93. The lowest BCUT2D eigenvalue weighted by atomic mass is 10.0. The number of methoxy groups -OCH3 is 1. The van der Waals surface area contributed by atoms with Crippen LogP contribution in [0.1, 0.15) is 23.1 Å². The van der Waals surface area contributed by atoms with E-state index in [-0.39, 0.29) is 6.42 Å². The Bertz CT molecular complexity index is 415. The summed E-state index contributed by atoms with van der Waals surface area (Å²) < 4.78 is 5.33. The molecule has 1 atom stereocenters. The van der Waals surface area contributed by atoms with Crippen LogP contribution in [0.3, 0.4) is 0 Å². The summed E-state index contributed by atoms with van der Waals surface area (Å²) in [6.07, 6.45) is 0.456. The molecule has 0 saturated heterocycles. The van der Waals surface area contributed by atoms with E-state index in [1.54, 1.807) is 7.11 Å². The Hall–Kier alpha value is -1.22. The molecule has 1 aromatic carbocycles. The average molecular weight is 257 g/mol. The molecular formula is C13H17ClO3. The van der Waals surface area contributed by atoms with E-state index in [2.05, 4.69) is 0 Å². The topological polar surface area (TPSA) is 46.5 Å². The molecule has 0 aliphatic carbocycles. The van der Waals surface area contributed by atoms with Crippen molar-refractivity contribution < 1.29 is 14.6 Å². The van der Waals surface area contributed by atoms with Crippen LogP contribution in [-0.2, 0) is 11.2 Å². The van der Waals surface area contributed by atoms with E-state index < -0.39 is 11.3 Å². The van der Waals surface area contributed by atoms with Crippen LogP contribution in [0.4, 0.5) is 0 Å². The quantitative estimate of drug-likeness (QED) is 0.824. The van der Waals surface area contributed by atoms with Gasteiger partial charge < -0.3 is 9.84 Å². The number of aryl methyl sites for hydroxylation is 2. The van der Waals surface area contributed by atoms with Crippen LogP contribution >= 0.6 is 11.6 Å². The Labute approximate surface area is 106 Å². The summed E-state index contributed by atoms with van der Waals surface area (Å²) in [7, 11) is 1.61. The summed E-state index contributed by atoms with van der Waals surface area (Å²) >= 11 is 6.01. The van der Waals surface area contributed by atoms with Crippen LogP contribution in [0, 0.1) is 13.8 Å². The van der Waals surface area contributed by atoms with Gasteiger partial charge in [0.2, 0.25) is 0 Å². The van der Waals surface area contributed by atoms with Gasteiger partial charge in [0.05, 0.1) is 13.5 Å². The average Bonchev–Trinajstić information content (AvgIpc) is 2.15. The fraction of sp³-hybridized carbons (Fsp3) is 0.462. The van der Waals surface area contributed by atoms with Crippen molar-refractivity contribution in [1.82, 2.24) is 0 Å². The van der Waals surface area contributed by atoms with E-state index in [9.17, 15) is 4.79 Å². The van der Waals surface area contributed by atoms with Crippen molar-refractivity contribution in [3.05, 3.63) is 28.8 Å². The predicted octanol–water partition coefficient (Wildman–Crippen LogP) is 2.94. The zero-order chi connectivity index (χ0) is 13.0. The van der Waals surface area contributed by atoms with Gasteiger partial charge in [-0.05, 0) is 31.4 Å². The van der Waals surface area contributed by atoms with Crippen LogP contribution in [-0.4, -0.2) is 23.6 Å². The maximum absolute atomic E-state index is 10.6. The van der Waals surface area contributed by atoms with Gasteiger partial charge in [-0.3, -0.25) is 4.79 Å². The molecule has 17 heavy (non-hydrogen) atoms. The third-order valence-corrected chi connectivity index (χ3v) is 2.85. The smallest absolute Gasteiger partial charge is 0.304 e. The lowest BCUT2D eigenvalue weighted by Gasteiger charge is -2.14. The summed E-state index contributed by atoms with van der Waals surface area (Å²) in [6.45, 7) is 3.96. The fourth-order valence-electron chi connectivity index (χ4n) is 1.99. The molecule has 1 aromatic rings. The van der Waals surface area contributed by atoms with Gasteiger partial charge in [0.1, 0.15) is 5.75 Å². The molecule has 0 aliphatic rings. The molecule has 0 saturated carbocycles.